The number of nitrogens with zero attached hydrogens (tertiary/aromatic N) is 1. The Kier molecular flexibility index (Phi) is 7.80. The lowest BCUT2D eigenvalue weighted by molar-refractivity contribution is 0.0687. The van der Waals surface area contributed by atoms with Crippen LogP contribution in [0.25, 0.3) is 0 Å². The van der Waals surface area contributed by atoms with E-state index in [0.717, 1.165) is 37.3 Å². The van der Waals surface area contributed by atoms with Crippen LogP contribution < -0.4 is 4.74 Å². The van der Waals surface area contributed by atoms with Crippen molar-refractivity contribution in [3.05, 3.63) is 65.7 Å². The average molecular weight is 327 g/mol. The molecule has 0 bridgehead atoms. The Bertz CT molecular complexity index is 566. The van der Waals surface area contributed by atoms with Crippen molar-refractivity contribution in [3.8, 4) is 5.75 Å². The molecular weight excluding hydrogens is 298 g/mol. The lowest BCUT2D eigenvalue weighted by atomic mass is 10.0. The van der Waals surface area contributed by atoms with Gasteiger partial charge in [0.1, 0.15) is 11.9 Å². The number of rotatable bonds is 10. The minimum Gasteiger partial charge on any atom is -0.494 e. The molecule has 0 radical (unpaired) electrons. The van der Waals surface area contributed by atoms with Crippen LogP contribution in [0.1, 0.15) is 37.0 Å². The minimum absolute atomic E-state index is 0.0455. The van der Waals surface area contributed by atoms with Gasteiger partial charge in [0.25, 0.3) is 0 Å². The van der Waals surface area contributed by atoms with Gasteiger partial charge in [-0.3, -0.25) is 0 Å². The van der Waals surface area contributed by atoms with Gasteiger partial charge in [-0.2, -0.15) is 0 Å². The van der Waals surface area contributed by atoms with Crippen molar-refractivity contribution in [2.24, 2.45) is 0 Å². The summed E-state index contributed by atoms with van der Waals surface area (Å²) in [6, 6.07) is 18.7. The van der Waals surface area contributed by atoms with E-state index in [1.165, 1.54) is 5.56 Å². The van der Waals surface area contributed by atoms with Crippen LogP contribution in [0.4, 0.5) is 0 Å². The van der Waals surface area contributed by atoms with Gasteiger partial charge in [0.05, 0.1) is 13.2 Å². The Morgan fingerprint density at radius 2 is 1.54 bits per heavy atom. The molecule has 0 amide bonds. The highest BCUT2D eigenvalue weighted by Crippen LogP contribution is 2.27. The van der Waals surface area contributed by atoms with E-state index >= 15 is 0 Å². The van der Waals surface area contributed by atoms with Crippen molar-refractivity contribution in [2.45, 2.75) is 25.9 Å². The molecule has 2 rings (SSSR count). The van der Waals surface area contributed by atoms with Crippen LogP contribution in [0.15, 0.2) is 54.6 Å². The van der Waals surface area contributed by atoms with Gasteiger partial charge in [-0.05, 0) is 43.8 Å². The Morgan fingerprint density at radius 1 is 0.875 bits per heavy atom. The quantitative estimate of drug-likeness (QED) is 0.598. The Balaban J connectivity index is 2.08. The molecule has 3 heteroatoms. The molecule has 0 aliphatic carbocycles. The number of hydrogen-bond donors (Lipinski definition) is 0. The molecule has 0 N–H and O–H groups in total. The van der Waals surface area contributed by atoms with Gasteiger partial charge < -0.3 is 14.4 Å². The molecule has 130 valence electrons. The number of benzene rings is 2. The summed E-state index contributed by atoms with van der Waals surface area (Å²) in [5, 5.41) is 0. The fraction of sp³-hybridized carbons (Fsp3) is 0.429. The molecule has 3 nitrogen and oxygen atoms in total. The minimum atomic E-state index is -0.0455. The Morgan fingerprint density at radius 3 is 2.17 bits per heavy atom. The second-order valence-corrected chi connectivity index (χ2v) is 6.24. The van der Waals surface area contributed by atoms with Gasteiger partial charge in [-0.15, -0.1) is 0 Å². The van der Waals surface area contributed by atoms with Crippen LogP contribution >= 0.6 is 0 Å². The maximum atomic E-state index is 6.18. The van der Waals surface area contributed by atoms with Gasteiger partial charge in [0, 0.05) is 6.54 Å². The van der Waals surface area contributed by atoms with Crippen LogP contribution in [0.5, 0.6) is 5.75 Å². The van der Waals surface area contributed by atoms with Crippen molar-refractivity contribution in [1.82, 2.24) is 4.90 Å². The largest absolute Gasteiger partial charge is 0.494 e. The molecule has 0 aliphatic rings. The fourth-order valence-corrected chi connectivity index (χ4v) is 2.44. The standard InChI is InChI=1S/C21H29NO2/c1-4-5-16-23-20-13-11-19(12-14-20)21(24-17-15-22(2)3)18-9-7-6-8-10-18/h6-14,21H,4-5,15-17H2,1-3H3. The molecule has 0 fully saturated rings. The monoisotopic (exact) mass is 327 g/mol. The number of unbranched alkanes of at least 4 members (excludes halogenated alkanes) is 1. The zero-order valence-electron chi connectivity index (χ0n) is 15.1. The van der Waals surface area contributed by atoms with Crippen molar-refractivity contribution >= 4 is 0 Å². The molecular formula is C21H29NO2. The summed E-state index contributed by atoms with van der Waals surface area (Å²) in [7, 11) is 4.12. The van der Waals surface area contributed by atoms with E-state index in [4.69, 9.17) is 9.47 Å². The highest BCUT2D eigenvalue weighted by Gasteiger charge is 2.14. The first kappa shape index (κ1) is 18.5. The summed E-state index contributed by atoms with van der Waals surface area (Å²) in [6.45, 7) is 4.54. The molecule has 0 heterocycles. The summed E-state index contributed by atoms with van der Waals surface area (Å²) >= 11 is 0. The predicted octanol–water partition coefficient (Wildman–Crippen LogP) is 4.53. The summed E-state index contributed by atoms with van der Waals surface area (Å²) < 4.78 is 11.9. The molecule has 2 aromatic carbocycles. The fourth-order valence-electron chi connectivity index (χ4n) is 2.44. The third-order valence-electron chi connectivity index (χ3n) is 3.87. The third-order valence-corrected chi connectivity index (χ3v) is 3.87. The smallest absolute Gasteiger partial charge is 0.119 e. The van der Waals surface area contributed by atoms with Crippen LogP contribution in [0.3, 0.4) is 0 Å². The van der Waals surface area contributed by atoms with E-state index in [2.05, 4.69) is 62.3 Å². The second kappa shape index (κ2) is 10.1. The SMILES string of the molecule is CCCCOc1ccc(C(OCCN(C)C)c2ccccc2)cc1. The first-order chi connectivity index (χ1) is 11.7. The van der Waals surface area contributed by atoms with Crippen molar-refractivity contribution in [1.29, 1.82) is 0 Å². The topological polar surface area (TPSA) is 21.7 Å². The Hall–Kier alpha value is -1.84. The third kappa shape index (κ3) is 5.99. The van der Waals surface area contributed by atoms with E-state index < -0.39 is 0 Å². The maximum Gasteiger partial charge on any atom is 0.119 e. The normalized spacial score (nSPS) is 12.3. The molecule has 24 heavy (non-hydrogen) atoms. The maximum absolute atomic E-state index is 6.18. The van der Waals surface area contributed by atoms with E-state index in [9.17, 15) is 0 Å². The van der Waals surface area contributed by atoms with Crippen LogP contribution in [-0.2, 0) is 4.74 Å². The molecule has 0 spiro atoms. The number of likely N-dealkylation sites (N-methyl/N-ethyl adjacent to an activating group) is 1. The zero-order chi connectivity index (χ0) is 17.2. The van der Waals surface area contributed by atoms with Gasteiger partial charge in [0.15, 0.2) is 0 Å². The van der Waals surface area contributed by atoms with Gasteiger partial charge in [0.2, 0.25) is 0 Å². The second-order valence-electron chi connectivity index (χ2n) is 6.24. The number of hydrogen-bond acceptors (Lipinski definition) is 3. The highest BCUT2D eigenvalue weighted by atomic mass is 16.5. The average Bonchev–Trinajstić information content (AvgIpc) is 2.60. The molecule has 0 aliphatic heterocycles. The number of ether oxygens (including phenoxy) is 2. The molecule has 2 aromatic rings. The lowest BCUT2D eigenvalue weighted by Gasteiger charge is -2.20. The first-order valence-corrected chi connectivity index (χ1v) is 8.74. The molecule has 0 aromatic heterocycles. The van der Waals surface area contributed by atoms with Crippen molar-refractivity contribution < 1.29 is 9.47 Å². The first-order valence-electron chi connectivity index (χ1n) is 8.74. The van der Waals surface area contributed by atoms with E-state index in [1.807, 2.05) is 18.2 Å². The summed E-state index contributed by atoms with van der Waals surface area (Å²) in [5.41, 5.74) is 2.33. The van der Waals surface area contributed by atoms with Crippen LogP contribution in [-0.4, -0.2) is 38.8 Å². The molecule has 1 atom stereocenters. The van der Waals surface area contributed by atoms with Crippen LogP contribution in [0.2, 0.25) is 0 Å². The van der Waals surface area contributed by atoms with Crippen molar-refractivity contribution in [3.63, 3.8) is 0 Å². The lowest BCUT2D eigenvalue weighted by Crippen LogP contribution is -2.20. The van der Waals surface area contributed by atoms with Gasteiger partial charge in [-0.25, -0.2) is 0 Å². The zero-order valence-corrected chi connectivity index (χ0v) is 15.1. The molecule has 1 unspecified atom stereocenters. The van der Waals surface area contributed by atoms with E-state index in [1.54, 1.807) is 0 Å². The van der Waals surface area contributed by atoms with E-state index in [0.29, 0.717) is 6.61 Å². The summed E-state index contributed by atoms with van der Waals surface area (Å²) in [5.74, 6) is 0.923. The van der Waals surface area contributed by atoms with E-state index in [-0.39, 0.29) is 6.10 Å². The summed E-state index contributed by atoms with van der Waals surface area (Å²) in [4.78, 5) is 2.13. The summed E-state index contributed by atoms with van der Waals surface area (Å²) in [6.07, 6.45) is 2.19. The molecule has 0 saturated heterocycles. The van der Waals surface area contributed by atoms with Crippen LogP contribution in [0, 0.1) is 0 Å². The van der Waals surface area contributed by atoms with Gasteiger partial charge >= 0.3 is 0 Å². The highest BCUT2D eigenvalue weighted by molar-refractivity contribution is 5.34. The predicted molar refractivity (Wildman–Crippen MR) is 99.6 cm³/mol. The Labute approximate surface area is 146 Å². The van der Waals surface area contributed by atoms with Gasteiger partial charge in [-0.1, -0.05) is 55.8 Å². The molecule has 0 saturated carbocycles. The van der Waals surface area contributed by atoms with Crippen molar-refractivity contribution in [2.75, 3.05) is 33.9 Å².